The quantitative estimate of drug-likeness (QED) is 0.852. The lowest BCUT2D eigenvalue weighted by Gasteiger charge is -2.35. The summed E-state index contributed by atoms with van der Waals surface area (Å²) < 4.78 is 0. The number of rotatable bonds is 2. The number of nitrogens with one attached hydrogen (secondary N) is 1. The van der Waals surface area contributed by atoms with Crippen molar-refractivity contribution >= 4 is 23.4 Å². The molecule has 0 unspecified atom stereocenters. The van der Waals surface area contributed by atoms with Crippen molar-refractivity contribution in [2.75, 3.05) is 0 Å². The molecule has 0 aliphatic heterocycles. The third-order valence-electron chi connectivity index (χ3n) is 3.14. The van der Waals surface area contributed by atoms with Crippen molar-refractivity contribution < 1.29 is 9.59 Å². The van der Waals surface area contributed by atoms with Crippen molar-refractivity contribution in [3.05, 3.63) is 34.9 Å². The third kappa shape index (κ3) is 3.51. The molecule has 20 heavy (non-hydrogen) atoms. The molecule has 1 N–H and O–H groups in total. The lowest BCUT2D eigenvalue weighted by Crippen LogP contribution is -2.56. The standard InChI is InChI=1S/C15H19ClN2O2/c1-15(2,3)18(17-13(19)10-4-5-10)14(20)11-6-8-12(16)9-7-11/h6-10H,4-5H2,1-3H3,(H,17,19). The topological polar surface area (TPSA) is 49.4 Å². The van der Waals surface area contributed by atoms with E-state index in [4.69, 9.17) is 11.6 Å². The summed E-state index contributed by atoms with van der Waals surface area (Å²) in [5, 5.41) is 1.97. The Labute approximate surface area is 124 Å². The number of halogens is 1. The number of nitrogens with zero attached hydrogens (tertiary/aromatic N) is 1. The van der Waals surface area contributed by atoms with Crippen LogP contribution in [0.15, 0.2) is 24.3 Å². The molecule has 1 aromatic carbocycles. The smallest absolute Gasteiger partial charge is 0.272 e. The Morgan fingerprint density at radius 2 is 1.75 bits per heavy atom. The zero-order chi connectivity index (χ0) is 14.9. The van der Waals surface area contributed by atoms with Gasteiger partial charge in [-0.15, -0.1) is 0 Å². The Morgan fingerprint density at radius 1 is 1.20 bits per heavy atom. The maximum absolute atomic E-state index is 12.5. The summed E-state index contributed by atoms with van der Waals surface area (Å²) in [5.41, 5.74) is 2.75. The highest BCUT2D eigenvalue weighted by Crippen LogP contribution is 2.29. The molecule has 1 fully saturated rings. The Hall–Kier alpha value is -1.55. The molecule has 0 radical (unpaired) electrons. The van der Waals surface area contributed by atoms with Gasteiger partial charge in [0.15, 0.2) is 0 Å². The fourth-order valence-electron chi connectivity index (χ4n) is 1.79. The lowest BCUT2D eigenvalue weighted by molar-refractivity contribution is -0.128. The number of hydrogen-bond acceptors (Lipinski definition) is 2. The van der Waals surface area contributed by atoms with Crippen LogP contribution in [0, 0.1) is 5.92 Å². The van der Waals surface area contributed by atoms with E-state index in [2.05, 4.69) is 5.43 Å². The van der Waals surface area contributed by atoms with Crippen LogP contribution in [0.1, 0.15) is 44.0 Å². The molecule has 0 heterocycles. The molecule has 0 saturated heterocycles. The average Bonchev–Trinajstić information content (AvgIpc) is 3.18. The summed E-state index contributed by atoms with van der Waals surface area (Å²) in [6, 6.07) is 6.65. The second-order valence-corrected chi connectivity index (χ2v) is 6.51. The summed E-state index contributed by atoms with van der Waals surface area (Å²) >= 11 is 5.83. The van der Waals surface area contributed by atoms with Crippen molar-refractivity contribution in [1.29, 1.82) is 0 Å². The molecule has 1 aliphatic carbocycles. The molecule has 2 rings (SSSR count). The van der Waals surface area contributed by atoms with Gasteiger partial charge in [0, 0.05) is 16.5 Å². The second-order valence-electron chi connectivity index (χ2n) is 6.07. The Bertz CT molecular complexity index is 516. The molecule has 0 aromatic heterocycles. The molecule has 0 spiro atoms. The first-order valence-electron chi connectivity index (χ1n) is 6.69. The summed E-state index contributed by atoms with van der Waals surface area (Å²) in [7, 11) is 0. The van der Waals surface area contributed by atoms with Gasteiger partial charge < -0.3 is 0 Å². The summed E-state index contributed by atoms with van der Waals surface area (Å²) in [4.78, 5) is 24.5. The van der Waals surface area contributed by atoms with Gasteiger partial charge in [0.1, 0.15) is 0 Å². The predicted octanol–water partition coefficient (Wildman–Crippen LogP) is 3.02. The van der Waals surface area contributed by atoms with Gasteiger partial charge >= 0.3 is 0 Å². The fraction of sp³-hybridized carbons (Fsp3) is 0.467. The second kappa shape index (κ2) is 5.44. The zero-order valence-corrected chi connectivity index (χ0v) is 12.7. The van der Waals surface area contributed by atoms with Gasteiger partial charge in [0.2, 0.25) is 5.91 Å². The first kappa shape index (κ1) is 14.9. The zero-order valence-electron chi connectivity index (χ0n) is 11.9. The van der Waals surface area contributed by atoms with Crippen LogP contribution in [0.2, 0.25) is 5.02 Å². The van der Waals surface area contributed by atoms with Crippen molar-refractivity contribution in [3.63, 3.8) is 0 Å². The first-order chi connectivity index (χ1) is 9.29. The largest absolute Gasteiger partial charge is 0.273 e. The van der Waals surface area contributed by atoms with Crippen LogP contribution in [0.3, 0.4) is 0 Å². The van der Waals surface area contributed by atoms with Gasteiger partial charge in [-0.1, -0.05) is 11.6 Å². The van der Waals surface area contributed by atoms with Gasteiger partial charge in [-0.2, -0.15) is 0 Å². The number of carbonyl (C=O) groups is 2. The maximum Gasteiger partial charge on any atom is 0.272 e. The molecular weight excluding hydrogens is 276 g/mol. The van der Waals surface area contributed by atoms with Crippen LogP contribution in [-0.4, -0.2) is 22.4 Å². The van der Waals surface area contributed by atoms with Gasteiger partial charge in [0.25, 0.3) is 5.91 Å². The van der Waals surface area contributed by atoms with E-state index in [1.807, 2.05) is 20.8 Å². The number of hydrazine groups is 1. The minimum Gasteiger partial charge on any atom is -0.273 e. The van der Waals surface area contributed by atoms with E-state index in [0.29, 0.717) is 10.6 Å². The van der Waals surface area contributed by atoms with E-state index in [1.54, 1.807) is 24.3 Å². The summed E-state index contributed by atoms with van der Waals surface area (Å²) in [6.07, 6.45) is 1.80. The highest BCUT2D eigenvalue weighted by molar-refractivity contribution is 6.30. The van der Waals surface area contributed by atoms with Gasteiger partial charge in [-0.25, -0.2) is 5.01 Å². The van der Waals surface area contributed by atoms with Crippen LogP contribution in [-0.2, 0) is 4.79 Å². The van der Waals surface area contributed by atoms with Gasteiger partial charge in [-0.3, -0.25) is 15.0 Å². The molecule has 1 saturated carbocycles. The number of benzene rings is 1. The van der Waals surface area contributed by atoms with Crippen LogP contribution < -0.4 is 5.43 Å². The van der Waals surface area contributed by atoms with E-state index in [9.17, 15) is 9.59 Å². The average molecular weight is 295 g/mol. The van der Waals surface area contributed by atoms with E-state index in [0.717, 1.165) is 12.8 Å². The number of amides is 2. The predicted molar refractivity (Wildman–Crippen MR) is 78.2 cm³/mol. The fourth-order valence-corrected chi connectivity index (χ4v) is 1.92. The molecule has 108 valence electrons. The van der Waals surface area contributed by atoms with E-state index < -0.39 is 5.54 Å². The Kier molecular flexibility index (Phi) is 4.04. The number of carbonyl (C=O) groups excluding carboxylic acids is 2. The molecule has 0 atom stereocenters. The number of hydrogen-bond donors (Lipinski definition) is 1. The van der Waals surface area contributed by atoms with E-state index in [-0.39, 0.29) is 17.7 Å². The first-order valence-corrected chi connectivity index (χ1v) is 7.07. The van der Waals surface area contributed by atoms with Crippen molar-refractivity contribution in [3.8, 4) is 0 Å². The summed E-state index contributed by atoms with van der Waals surface area (Å²) in [5.74, 6) is -0.261. The molecule has 0 bridgehead atoms. The molecule has 2 amide bonds. The molecule has 1 aliphatic rings. The van der Waals surface area contributed by atoms with Crippen LogP contribution in [0.25, 0.3) is 0 Å². The molecule has 1 aromatic rings. The molecule has 4 nitrogen and oxygen atoms in total. The van der Waals surface area contributed by atoms with Crippen LogP contribution in [0.4, 0.5) is 0 Å². The van der Waals surface area contributed by atoms with Crippen molar-refractivity contribution in [2.45, 2.75) is 39.2 Å². The van der Waals surface area contributed by atoms with Gasteiger partial charge in [0.05, 0.1) is 5.54 Å². The monoisotopic (exact) mass is 294 g/mol. The molecule has 5 heteroatoms. The van der Waals surface area contributed by atoms with E-state index >= 15 is 0 Å². The Balaban J connectivity index is 2.19. The van der Waals surface area contributed by atoms with Crippen LogP contribution >= 0.6 is 11.6 Å². The maximum atomic E-state index is 12.5. The van der Waals surface area contributed by atoms with Crippen molar-refractivity contribution in [1.82, 2.24) is 10.4 Å². The lowest BCUT2D eigenvalue weighted by atomic mass is 10.1. The Morgan fingerprint density at radius 3 is 2.20 bits per heavy atom. The van der Waals surface area contributed by atoms with Crippen molar-refractivity contribution in [2.24, 2.45) is 5.92 Å². The SMILES string of the molecule is CC(C)(C)N(NC(=O)C1CC1)C(=O)c1ccc(Cl)cc1. The minimum atomic E-state index is -0.499. The minimum absolute atomic E-state index is 0.0536. The third-order valence-corrected chi connectivity index (χ3v) is 3.39. The highest BCUT2D eigenvalue weighted by atomic mass is 35.5. The normalized spacial score (nSPS) is 14.8. The van der Waals surface area contributed by atoms with E-state index in [1.165, 1.54) is 5.01 Å². The highest BCUT2D eigenvalue weighted by Gasteiger charge is 2.35. The van der Waals surface area contributed by atoms with Gasteiger partial charge in [-0.05, 0) is 57.9 Å². The summed E-state index contributed by atoms with van der Waals surface area (Å²) in [6.45, 7) is 5.65. The molecular formula is C15H19ClN2O2. The van der Waals surface area contributed by atoms with Crippen LogP contribution in [0.5, 0.6) is 0 Å².